The molecule has 0 N–H and O–H groups in total. The Hall–Kier alpha value is -2.13. The van der Waals surface area contributed by atoms with E-state index in [-0.39, 0.29) is 6.04 Å². The SMILES string of the molecule is [2H][13C]([2H])([2H])C(=O)N(c1ccccc1)C1CCN(C(C)Cc2ccccc2)CC1. The summed E-state index contributed by atoms with van der Waals surface area (Å²) < 4.78 is 22.8. The summed E-state index contributed by atoms with van der Waals surface area (Å²) in [7, 11) is 0. The van der Waals surface area contributed by atoms with Gasteiger partial charge >= 0.3 is 0 Å². The van der Waals surface area contributed by atoms with Crippen LogP contribution in [-0.2, 0) is 11.2 Å². The third kappa shape index (κ3) is 4.49. The molecule has 1 aliphatic rings. The maximum absolute atomic E-state index is 12.7. The second-order valence-electron chi connectivity index (χ2n) is 6.82. The fourth-order valence-electron chi connectivity index (χ4n) is 3.75. The minimum atomic E-state index is -2.63. The van der Waals surface area contributed by atoms with Crippen LogP contribution in [0.5, 0.6) is 0 Å². The number of hydrogen-bond acceptors (Lipinski definition) is 2. The molecule has 3 rings (SSSR count). The monoisotopic (exact) mass is 340 g/mol. The van der Waals surface area contributed by atoms with Crippen LogP contribution in [0.1, 0.15) is 36.3 Å². The van der Waals surface area contributed by atoms with Crippen molar-refractivity contribution in [2.75, 3.05) is 18.0 Å². The van der Waals surface area contributed by atoms with Gasteiger partial charge in [-0.05, 0) is 43.9 Å². The molecule has 1 fully saturated rings. The Morgan fingerprint density at radius 3 is 2.32 bits per heavy atom. The van der Waals surface area contributed by atoms with E-state index in [1.165, 1.54) is 10.5 Å². The summed E-state index contributed by atoms with van der Waals surface area (Å²) in [5, 5.41) is 0. The van der Waals surface area contributed by atoms with Crippen molar-refractivity contribution in [1.29, 1.82) is 0 Å². The van der Waals surface area contributed by atoms with Crippen LogP contribution in [0.25, 0.3) is 0 Å². The number of nitrogens with zero attached hydrogens (tertiary/aromatic N) is 2. The molecule has 0 saturated carbocycles. The van der Waals surface area contributed by atoms with E-state index in [0.29, 0.717) is 11.7 Å². The Morgan fingerprint density at radius 1 is 1.12 bits per heavy atom. The smallest absolute Gasteiger partial charge is 0.224 e. The lowest BCUT2D eigenvalue weighted by atomic mass is 9.98. The topological polar surface area (TPSA) is 23.6 Å². The van der Waals surface area contributed by atoms with Crippen molar-refractivity contribution in [3.63, 3.8) is 0 Å². The number of piperidine rings is 1. The molecule has 0 bridgehead atoms. The summed E-state index contributed by atoms with van der Waals surface area (Å²) in [6.45, 7) is 1.32. The van der Waals surface area contributed by atoms with Crippen LogP contribution in [0.15, 0.2) is 60.7 Å². The minimum Gasteiger partial charge on any atom is -0.310 e. The lowest BCUT2D eigenvalue weighted by molar-refractivity contribution is -0.117. The molecule has 132 valence electrons. The number of hydrogen-bond donors (Lipinski definition) is 0. The summed E-state index contributed by atoms with van der Waals surface area (Å²) in [5.74, 6) is -0.783. The van der Waals surface area contributed by atoms with Gasteiger partial charge in [0, 0.05) is 41.8 Å². The van der Waals surface area contributed by atoms with Gasteiger partial charge in [-0.1, -0.05) is 48.5 Å². The van der Waals surface area contributed by atoms with E-state index in [1.807, 2.05) is 36.4 Å². The number of anilines is 1. The van der Waals surface area contributed by atoms with Gasteiger partial charge in [-0.2, -0.15) is 0 Å². The van der Waals surface area contributed by atoms with Crippen LogP contribution in [-0.4, -0.2) is 36.0 Å². The molecular weight excluding hydrogens is 309 g/mol. The average Bonchev–Trinajstić information content (AvgIpc) is 2.69. The number of amides is 1. The van der Waals surface area contributed by atoms with Crippen LogP contribution >= 0.6 is 0 Å². The minimum absolute atomic E-state index is 0.0875. The van der Waals surface area contributed by atoms with E-state index in [0.717, 1.165) is 32.4 Å². The Bertz CT molecular complexity index is 756. The maximum Gasteiger partial charge on any atom is 0.224 e. The van der Waals surface area contributed by atoms with Gasteiger partial charge in [0.1, 0.15) is 0 Å². The van der Waals surface area contributed by atoms with Crippen molar-refractivity contribution in [2.45, 2.75) is 45.1 Å². The molecule has 0 aromatic heterocycles. The Labute approximate surface area is 155 Å². The zero-order chi connectivity index (χ0) is 20.1. The van der Waals surface area contributed by atoms with Gasteiger partial charge in [-0.25, -0.2) is 0 Å². The largest absolute Gasteiger partial charge is 0.310 e. The van der Waals surface area contributed by atoms with Gasteiger partial charge in [0.05, 0.1) is 0 Å². The number of carbonyl (C=O) groups is 1. The van der Waals surface area contributed by atoms with Crippen LogP contribution in [0.4, 0.5) is 5.69 Å². The number of likely N-dealkylation sites (tertiary alicyclic amines) is 1. The van der Waals surface area contributed by atoms with Crippen LogP contribution < -0.4 is 4.90 Å². The van der Waals surface area contributed by atoms with Gasteiger partial charge < -0.3 is 9.80 Å². The third-order valence-corrected chi connectivity index (χ3v) is 5.11. The van der Waals surface area contributed by atoms with Crippen molar-refractivity contribution in [3.05, 3.63) is 66.2 Å². The summed E-state index contributed by atoms with van der Waals surface area (Å²) in [5.41, 5.74) is 1.99. The molecule has 0 radical (unpaired) electrons. The summed E-state index contributed by atoms with van der Waals surface area (Å²) in [6.07, 6.45) is 2.54. The average molecular weight is 340 g/mol. The first-order chi connectivity index (χ1) is 13.4. The fourth-order valence-corrected chi connectivity index (χ4v) is 3.75. The quantitative estimate of drug-likeness (QED) is 0.764. The highest BCUT2D eigenvalue weighted by atomic mass is 16.2. The lowest BCUT2D eigenvalue weighted by Crippen LogP contribution is -2.49. The molecule has 25 heavy (non-hydrogen) atoms. The van der Waals surface area contributed by atoms with Gasteiger partial charge in [-0.15, -0.1) is 0 Å². The van der Waals surface area contributed by atoms with Gasteiger partial charge in [0.25, 0.3) is 0 Å². The van der Waals surface area contributed by atoms with Crippen molar-refractivity contribution in [1.82, 2.24) is 4.90 Å². The number of para-hydroxylation sites is 1. The van der Waals surface area contributed by atoms with Gasteiger partial charge in [-0.3, -0.25) is 4.79 Å². The molecule has 1 saturated heterocycles. The predicted octanol–water partition coefficient (Wildman–Crippen LogP) is 4.14. The van der Waals surface area contributed by atoms with E-state index in [4.69, 9.17) is 4.11 Å². The van der Waals surface area contributed by atoms with Gasteiger partial charge in [0.15, 0.2) is 0 Å². The van der Waals surface area contributed by atoms with E-state index in [1.54, 1.807) is 0 Å². The van der Waals surface area contributed by atoms with Crippen molar-refractivity contribution in [3.8, 4) is 0 Å². The normalized spacial score (nSPS) is 19.5. The third-order valence-electron chi connectivity index (χ3n) is 5.11. The molecule has 1 unspecified atom stereocenters. The number of carbonyl (C=O) groups excluding carboxylic acids is 1. The molecule has 1 heterocycles. The van der Waals surface area contributed by atoms with E-state index >= 15 is 0 Å². The number of rotatable bonds is 5. The zero-order valence-corrected chi connectivity index (χ0v) is 14.8. The first kappa shape index (κ1) is 14.1. The highest BCUT2D eigenvalue weighted by Crippen LogP contribution is 2.25. The second-order valence-corrected chi connectivity index (χ2v) is 6.82. The summed E-state index contributed by atoms with van der Waals surface area (Å²) in [6, 6.07) is 19.9. The Morgan fingerprint density at radius 2 is 1.72 bits per heavy atom. The number of benzene rings is 2. The van der Waals surface area contributed by atoms with E-state index in [9.17, 15) is 4.79 Å². The predicted molar refractivity (Wildman–Crippen MR) is 104 cm³/mol. The standard InChI is InChI=1S/C22H28N2O/c1-18(17-20-9-5-3-6-10-20)23-15-13-22(14-16-23)24(19(2)25)21-11-7-4-8-12-21/h3-12,18,22H,13-17H2,1-2H3/i2+1D3. The van der Waals surface area contributed by atoms with Crippen LogP contribution in [0.2, 0.25) is 0 Å². The second kappa shape index (κ2) is 8.30. The highest BCUT2D eigenvalue weighted by molar-refractivity contribution is 5.92. The summed E-state index contributed by atoms with van der Waals surface area (Å²) in [4.78, 5) is 16.6. The molecule has 1 atom stereocenters. The Kier molecular flexibility index (Phi) is 4.68. The molecule has 0 spiro atoms. The molecule has 1 aliphatic heterocycles. The van der Waals surface area contributed by atoms with Gasteiger partial charge in [0.2, 0.25) is 5.91 Å². The molecule has 1 amide bonds. The van der Waals surface area contributed by atoms with Crippen molar-refractivity contribution in [2.24, 2.45) is 0 Å². The van der Waals surface area contributed by atoms with Crippen LogP contribution in [0.3, 0.4) is 0 Å². The first-order valence-electron chi connectivity index (χ1n) is 10.5. The molecule has 2 aromatic carbocycles. The fraction of sp³-hybridized carbons (Fsp3) is 0.409. The zero-order valence-electron chi connectivity index (χ0n) is 17.8. The van der Waals surface area contributed by atoms with Crippen LogP contribution in [0, 0.1) is 0 Å². The van der Waals surface area contributed by atoms with E-state index in [2.05, 4.69) is 36.1 Å². The molecule has 2 aromatic rings. The van der Waals surface area contributed by atoms with Crippen molar-refractivity contribution < 1.29 is 8.91 Å². The maximum atomic E-state index is 12.7. The molecule has 3 nitrogen and oxygen atoms in total. The first-order valence-corrected chi connectivity index (χ1v) is 9.03. The van der Waals surface area contributed by atoms with Crippen molar-refractivity contribution >= 4 is 11.6 Å². The Balaban J connectivity index is 1.67. The molecule has 3 heteroatoms. The van der Waals surface area contributed by atoms with E-state index < -0.39 is 12.8 Å². The highest BCUT2D eigenvalue weighted by Gasteiger charge is 2.28. The molecular formula is C22H28N2O. The molecule has 0 aliphatic carbocycles. The summed E-state index contributed by atoms with van der Waals surface area (Å²) >= 11 is 0. The lowest BCUT2D eigenvalue weighted by Gasteiger charge is -2.40.